The van der Waals surface area contributed by atoms with Crippen LogP contribution in [-0.2, 0) is 33.3 Å². The van der Waals surface area contributed by atoms with E-state index >= 15 is 0 Å². The van der Waals surface area contributed by atoms with Crippen LogP contribution in [0.1, 0.15) is 380 Å². The Labute approximate surface area is 642 Å². The molecule has 9 heteroatoms. The first kappa shape index (κ1) is 99.2. The molecule has 0 aromatic rings. The molecule has 0 aliphatic carbocycles. The van der Waals surface area contributed by atoms with Gasteiger partial charge in [-0.25, -0.2) is 0 Å². The van der Waals surface area contributed by atoms with Crippen molar-refractivity contribution in [1.82, 2.24) is 0 Å². The van der Waals surface area contributed by atoms with E-state index in [1.54, 1.807) is 0 Å². The van der Waals surface area contributed by atoms with Crippen molar-refractivity contribution in [3.63, 3.8) is 0 Å². The van der Waals surface area contributed by atoms with Gasteiger partial charge in [0.2, 0.25) is 0 Å². The van der Waals surface area contributed by atoms with Crippen molar-refractivity contribution in [2.75, 3.05) is 47.5 Å². The fourth-order valence-electron chi connectivity index (χ4n) is 12.3. The van der Waals surface area contributed by atoms with Crippen LogP contribution in [0.4, 0.5) is 0 Å². The minimum Gasteiger partial charge on any atom is -0.545 e. The molecule has 9 nitrogen and oxygen atoms in total. The van der Waals surface area contributed by atoms with Crippen molar-refractivity contribution in [3.8, 4) is 0 Å². The third-order valence-corrected chi connectivity index (χ3v) is 18.9. The summed E-state index contributed by atoms with van der Waals surface area (Å²) in [5.41, 5.74) is 0. The number of hydrogen-bond donors (Lipinski definition) is 0. The molecule has 2 atom stereocenters. The number of ether oxygens (including phenoxy) is 4. The lowest BCUT2D eigenvalue weighted by molar-refractivity contribution is -0.870. The molecular formula is C95H163NO8. The number of carbonyl (C=O) groups excluding carboxylic acids is 3. The SMILES string of the molecule is CC/C=C\C/C=C\C/C=C\C/C=C\C/C=C\C/C=C\C/C=C\C/C=C\C/C=C\C/C=C\C/C=C\C/C=C\CCCCCCC(=O)OC(COC(=O)CCCCCCCCCCCCCCCCCCCCCCCCCCCCCCCCCCCCCCCC)COC(OCC[N+](C)(C)C)C(=O)[O-]. The number of carboxylic acid groups (broad SMARTS) is 1. The average molecular weight is 1450 g/mol. The molecular weight excluding hydrogens is 1280 g/mol. The topological polar surface area (TPSA) is 111 Å². The molecule has 0 saturated carbocycles. The molecule has 0 heterocycles. The van der Waals surface area contributed by atoms with Crippen LogP contribution in [0.15, 0.2) is 146 Å². The number of quaternary nitrogens is 1. The second kappa shape index (κ2) is 83.8. The fraction of sp³-hybridized carbons (Fsp3) is 0.716. The van der Waals surface area contributed by atoms with Gasteiger partial charge in [0.25, 0.3) is 0 Å². The third-order valence-electron chi connectivity index (χ3n) is 18.9. The van der Waals surface area contributed by atoms with Crippen molar-refractivity contribution in [2.24, 2.45) is 0 Å². The van der Waals surface area contributed by atoms with Gasteiger partial charge in [-0.2, -0.15) is 0 Å². The van der Waals surface area contributed by atoms with E-state index < -0.39 is 24.3 Å². The van der Waals surface area contributed by atoms with Crippen molar-refractivity contribution in [1.29, 1.82) is 0 Å². The molecule has 0 radical (unpaired) electrons. The van der Waals surface area contributed by atoms with Gasteiger partial charge in [0.1, 0.15) is 13.2 Å². The van der Waals surface area contributed by atoms with E-state index in [0.29, 0.717) is 17.4 Å². The number of hydrogen-bond acceptors (Lipinski definition) is 8. The summed E-state index contributed by atoms with van der Waals surface area (Å²) < 4.78 is 22.8. The van der Waals surface area contributed by atoms with Crippen LogP contribution in [0, 0.1) is 0 Å². The van der Waals surface area contributed by atoms with Crippen molar-refractivity contribution in [2.45, 2.75) is 392 Å². The van der Waals surface area contributed by atoms with Gasteiger partial charge in [-0.3, -0.25) is 9.59 Å². The lowest BCUT2D eigenvalue weighted by atomic mass is 10.0. The fourth-order valence-corrected chi connectivity index (χ4v) is 12.3. The zero-order chi connectivity index (χ0) is 75.3. The first-order valence-corrected chi connectivity index (χ1v) is 43.5. The monoisotopic (exact) mass is 1450 g/mol. The lowest BCUT2D eigenvalue weighted by Crippen LogP contribution is -2.44. The van der Waals surface area contributed by atoms with E-state index in [1.165, 1.54) is 225 Å². The highest BCUT2D eigenvalue weighted by atomic mass is 16.7. The quantitative estimate of drug-likeness (QED) is 0.0195. The Bertz CT molecular complexity index is 2230. The Morgan fingerprint density at radius 2 is 0.548 bits per heavy atom. The largest absolute Gasteiger partial charge is 0.545 e. The van der Waals surface area contributed by atoms with E-state index in [-0.39, 0.29) is 38.6 Å². The number of nitrogens with zero attached hydrogens (tertiary/aromatic N) is 1. The van der Waals surface area contributed by atoms with Crippen LogP contribution in [0.5, 0.6) is 0 Å². The van der Waals surface area contributed by atoms with E-state index in [9.17, 15) is 19.5 Å². The summed E-state index contributed by atoms with van der Waals surface area (Å²) in [6.07, 6.45) is 120. The predicted octanol–water partition coefficient (Wildman–Crippen LogP) is 27.2. The van der Waals surface area contributed by atoms with Crippen LogP contribution in [0.2, 0.25) is 0 Å². The highest BCUT2D eigenvalue weighted by Crippen LogP contribution is 2.19. The predicted molar refractivity (Wildman–Crippen MR) is 449 cm³/mol. The number of aliphatic carboxylic acids is 1. The number of rotatable bonds is 80. The van der Waals surface area contributed by atoms with Crippen molar-refractivity contribution in [3.05, 3.63) is 146 Å². The summed E-state index contributed by atoms with van der Waals surface area (Å²) in [5.74, 6) is -2.31. The Hall–Kier alpha value is -4.83. The lowest BCUT2D eigenvalue weighted by Gasteiger charge is -2.26. The minimum atomic E-state index is -1.64. The maximum atomic E-state index is 13.0. The number of likely N-dealkylation sites (N-methyl/N-ethyl adjacent to an activating group) is 1. The normalized spacial score (nSPS) is 13.4. The summed E-state index contributed by atoms with van der Waals surface area (Å²) in [4.78, 5) is 37.6. The number of carbonyl (C=O) groups is 3. The Balaban J connectivity index is 4.07. The molecule has 2 unspecified atom stereocenters. The van der Waals surface area contributed by atoms with E-state index in [4.69, 9.17) is 18.9 Å². The standard InChI is InChI=1S/C95H163NO8/c1-6-8-10-12-14-16-18-20-22-24-26-28-30-32-34-36-38-40-42-44-46-47-48-50-52-54-56-58-60-62-64-66-68-70-72-74-76-78-80-82-84-86-93(98)104-91(90-103-95(94(99)100)101-88-87-96(3,4)5)89-102-92(97)85-83-81-79-77-75-73-71-69-67-65-63-61-59-57-55-53-51-49-45-43-41-39-37-35-33-31-29-27-25-23-21-19-17-15-13-11-9-7-2/h8,10,14,16,20,22,26,28,32,34,38,40,44,46,48,50,54,56,60,62,66,68,72,74,91,95H,6-7,9,11-13,15,17-19,21,23-25,27,29-31,33,35-37,39,41-43,45,47,49,51-53,55,57-59,61,63-65,67,69-71,73,75-90H2,1-5H3/b10-8-,16-14-,22-20-,28-26-,34-32-,40-38-,46-44-,50-48-,56-54-,62-60-,68-66-,74-72-. The molecule has 0 aliphatic rings. The first-order valence-electron chi connectivity index (χ1n) is 43.5. The van der Waals surface area contributed by atoms with Gasteiger partial charge in [-0.05, 0) is 103 Å². The number of allylic oxidation sites excluding steroid dienone is 24. The molecule has 104 heavy (non-hydrogen) atoms. The molecule has 0 rings (SSSR count). The molecule has 0 spiro atoms. The van der Waals surface area contributed by atoms with Crippen LogP contribution >= 0.6 is 0 Å². The maximum Gasteiger partial charge on any atom is 0.306 e. The molecule has 0 aromatic heterocycles. The minimum absolute atomic E-state index is 0.137. The third kappa shape index (κ3) is 84.4. The van der Waals surface area contributed by atoms with E-state index in [2.05, 4.69) is 160 Å². The van der Waals surface area contributed by atoms with Gasteiger partial charge in [0.15, 0.2) is 12.4 Å². The van der Waals surface area contributed by atoms with Gasteiger partial charge in [-0.1, -0.05) is 410 Å². The summed E-state index contributed by atoms with van der Waals surface area (Å²) in [5, 5.41) is 11.9. The van der Waals surface area contributed by atoms with Gasteiger partial charge in [-0.15, -0.1) is 0 Å². The molecule has 0 bridgehead atoms. The number of esters is 2. The molecule has 0 amide bonds. The summed E-state index contributed by atoms with van der Waals surface area (Å²) in [6, 6.07) is 0. The smallest absolute Gasteiger partial charge is 0.306 e. The zero-order valence-corrected chi connectivity index (χ0v) is 68.4. The summed E-state index contributed by atoms with van der Waals surface area (Å²) >= 11 is 0. The molecule has 0 saturated heterocycles. The number of carboxylic acids is 1. The van der Waals surface area contributed by atoms with Crippen molar-refractivity contribution >= 4 is 17.9 Å². The van der Waals surface area contributed by atoms with E-state index in [1.807, 2.05) is 21.1 Å². The van der Waals surface area contributed by atoms with Gasteiger partial charge in [0, 0.05) is 12.8 Å². The molecule has 0 N–H and O–H groups in total. The second-order valence-electron chi connectivity index (χ2n) is 30.1. The van der Waals surface area contributed by atoms with Gasteiger partial charge >= 0.3 is 11.9 Å². The average Bonchev–Trinajstić information content (AvgIpc) is 0.971. The van der Waals surface area contributed by atoms with Crippen LogP contribution in [0.25, 0.3) is 0 Å². The van der Waals surface area contributed by atoms with Crippen molar-refractivity contribution < 1.29 is 42.9 Å². The first-order chi connectivity index (χ1) is 51.1. The van der Waals surface area contributed by atoms with Crippen LogP contribution in [-0.4, -0.2) is 82.3 Å². The van der Waals surface area contributed by atoms with Gasteiger partial charge in [0.05, 0.1) is 40.3 Å². The molecule has 0 aliphatic heterocycles. The highest BCUT2D eigenvalue weighted by Gasteiger charge is 2.22. The Kier molecular flexibility index (Phi) is 79.9. The molecule has 596 valence electrons. The summed E-state index contributed by atoms with van der Waals surface area (Å²) in [7, 11) is 5.93. The maximum absolute atomic E-state index is 13.0. The Morgan fingerprint density at radius 3 is 0.817 bits per heavy atom. The summed E-state index contributed by atoms with van der Waals surface area (Å²) in [6.45, 7) is 4.64. The second-order valence-corrected chi connectivity index (χ2v) is 30.1. The van der Waals surface area contributed by atoms with Crippen LogP contribution < -0.4 is 5.11 Å². The molecule has 0 aromatic carbocycles. The van der Waals surface area contributed by atoms with Gasteiger partial charge < -0.3 is 33.3 Å². The molecule has 0 fully saturated rings. The Morgan fingerprint density at radius 1 is 0.298 bits per heavy atom. The number of unbranched alkanes of at least 4 members (excludes halogenated alkanes) is 41. The highest BCUT2D eigenvalue weighted by molar-refractivity contribution is 5.70. The zero-order valence-electron chi connectivity index (χ0n) is 68.4. The van der Waals surface area contributed by atoms with E-state index in [0.717, 1.165) is 122 Å². The van der Waals surface area contributed by atoms with Crippen LogP contribution in [0.3, 0.4) is 0 Å².